The normalized spacial score (nSPS) is 16.2. The molecule has 9 heteroatoms. The first-order valence-electron chi connectivity index (χ1n) is 7.73. The highest BCUT2D eigenvalue weighted by Gasteiger charge is 2.29. The van der Waals surface area contributed by atoms with Crippen molar-refractivity contribution in [2.45, 2.75) is 17.9 Å². The molecule has 2 aromatic rings. The van der Waals surface area contributed by atoms with Gasteiger partial charge in [-0.15, -0.1) is 0 Å². The van der Waals surface area contributed by atoms with Crippen LogP contribution in [0.2, 0.25) is 0 Å². The van der Waals surface area contributed by atoms with Gasteiger partial charge in [-0.3, -0.25) is 9.48 Å². The molecule has 8 nitrogen and oxygen atoms in total. The summed E-state index contributed by atoms with van der Waals surface area (Å²) in [6.45, 7) is 1.91. The quantitative estimate of drug-likeness (QED) is 0.769. The van der Waals surface area contributed by atoms with Crippen LogP contribution in [0.25, 0.3) is 0 Å². The van der Waals surface area contributed by atoms with E-state index in [0.717, 1.165) is 0 Å². The van der Waals surface area contributed by atoms with Crippen LogP contribution >= 0.6 is 0 Å². The van der Waals surface area contributed by atoms with Crippen LogP contribution in [0.15, 0.2) is 47.9 Å². The number of carbonyl (C=O) groups is 1. The lowest BCUT2D eigenvalue weighted by atomic mass is 10.3. The summed E-state index contributed by atoms with van der Waals surface area (Å²) in [6.07, 6.45) is 3.32. The second kappa shape index (κ2) is 7.10. The zero-order valence-corrected chi connectivity index (χ0v) is 14.0. The van der Waals surface area contributed by atoms with Crippen molar-refractivity contribution in [2.75, 3.05) is 26.2 Å². The van der Waals surface area contributed by atoms with Gasteiger partial charge in [-0.05, 0) is 12.1 Å². The molecule has 1 aliphatic rings. The number of carbonyl (C=O) groups excluding carboxylic acids is 1. The van der Waals surface area contributed by atoms with Crippen LogP contribution in [0, 0.1) is 0 Å². The van der Waals surface area contributed by atoms with Gasteiger partial charge in [0.15, 0.2) is 0 Å². The van der Waals surface area contributed by atoms with Crippen LogP contribution in [0.1, 0.15) is 6.42 Å². The number of hydrogen-bond acceptors (Lipinski definition) is 5. The maximum absolute atomic E-state index is 12.5. The molecule has 0 spiro atoms. The minimum Gasteiger partial charge on any atom is -0.340 e. The van der Waals surface area contributed by atoms with E-state index in [1.165, 1.54) is 10.6 Å². The Labute approximate surface area is 140 Å². The zero-order valence-electron chi connectivity index (χ0n) is 13.2. The predicted octanol–water partition coefficient (Wildman–Crippen LogP) is 0.201. The number of aryl methyl sites for hydroxylation is 1. The number of sulfonamides is 1. The number of rotatable bonds is 5. The highest BCUT2D eigenvalue weighted by Crippen LogP contribution is 2.17. The van der Waals surface area contributed by atoms with Crippen molar-refractivity contribution in [2.24, 2.45) is 0 Å². The first kappa shape index (κ1) is 16.6. The van der Waals surface area contributed by atoms with E-state index in [1.807, 2.05) is 0 Å². The van der Waals surface area contributed by atoms with Crippen molar-refractivity contribution in [1.82, 2.24) is 24.0 Å². The average molecular weight is 349 g/mol. The van der Waals surface area contributed by atoms with Gasteiger partial charge in [0.05, 0.1) is 11.4 Å². The van der Waals surface area contributed by atoms with Gasteiger partial charge in [0.1, 0.15) is 12.7 Å². The van der Waals surface area contributed by atoms with E-state index in [4.69, 9.17) is 0 Å². The summed E-state index contributed by atoms with van der Waals surface area (Å²) < 4.78 is 28.1. The maximum Gasteiger partial charge on any atom is 0.243 e. The molecule has 2 heterocycles. The summed E-state index contributed by atoms with van der Waals surface area (Å²) >= 11 is 0. The van der Waals surface area contributed by atoms with E-state index in [9.17, 15) is 13.2 Å². The summed E-state index contributed by atoms with van der Waals surface area (Å²) in [7, 11) is -3.49. The van der Waals surface area contributed by atoms with Crippen molar-refractivity contribution in [1.29, 1.82) is 0 Å². The minimum atomic E-state index is -3.49. The molecular formula is C15H19N5O3S. The molecule has 0 aliphatic carbocycles. The molecule has 1 aromatic carbocycles. The van der Waals surface area contributed by atoms with Crippen molar-refractivity contribution < 1.29 is 13.2 Å². The van der Waals surface area contributed by atoms with Gasteiger partial charge in [0.25, 0.3) is 0 Å². The Balaban J connectivity index is 1.54. The summed E-state index contributed by atoms with van der Waals surface area (Å²) in [5, 5.41) is 3.96. The van der Waals surface area contributed by atoms with Gasteiger partial charge in [-0.2, -0.15) is 9.40 Å². The molecule has 24 heavy (non-hydrogen) atoms. The van der Waals surface area contributed by atoms with Crippen molar-refractivity contribution in [3.8, 4) is 0 Å². The van der Waals surface area contributed by atoms with Crippen LogP contribution in [0.4, 0.5) is 0 Å². The molecule has 0 unspecified atom stereocenters. The lowest BCUT2D eigenvalue weighted by Crippen LogP contribution is -2.50. The Bertz CT molecular complexity index is 769. The number of hydrogen-bond donors (Lipinski definition) is 0. The SMILES string of the molecule is O=C(CCn1cncn1)N1CCN(S(=O)(=O)c2ccccc2)CC1. The summed E-state index contributed by atoms with van der Waals surface area (Å²) in [5.41, 5.74) is 0. The molecule has 1 aromatic heterocycles. The monoisotopic (exact) mass is 349 g/mol. The molecule has 0 saturated carbocycles. The fourth-order valence-electron chi connectivity index (χ4n) is 2.64. The summed E-state index contributed by atoms with van der Waals surface area (Å²) in [5.74, 6) is 0.00209. The van der Waals surface area contributed by atoms with Crippen LogP contribution in [-0.4, -0.2) is 64.5 Å². The van der Waals surface area contributed by atoms with Crippen LogP contribution in [0.3, 0.4) is 0 Å². The minimum absolute atomic E-state index is 0.00209. The van der Waals surface area contributed by atoms with Crippen LogP contribution in [-0.2, 0) is 21.4 Å². The van der Waals surface area contributed by atoms with E-state index >= 15 is 0 Å². The number of amides is 1. The lowest BCUT2D eigenvalue weighted by Gasteiger charge is -2.34. The molecule has 1 fully saturated rings. The highest BCUT2D eigenvalue weighted by molar-refractivity contribution is 7.89. The van der Waals surface area contributed by atoms with Crippen molar-refractivity contribution in [3.63, 3.8) is 0 Å². The topological polar surface area (TPSA) is 88.4 Å². The molecule has 0 bridgehead atoms. The Hall–Kier alpha value is -2.26. The molecule has 1 amide bonds. The standard InChI is InChI=1S/C15H19N5O3S/c21-15(6-7-19-13-16-12-17-19)18-8-10-20(11-9-18)24(22,23)14-4-2-1-3-5-14/h1-5,12-13H,6-11H2. The van der Waals surface area contributed by atoms with E-state index in [0.29, 0.717) is 39.1 Å². The fraction of sp³-hybridized carbons (Fsp3) is 0.400. The predicted molar refractivity (Wildman–Crippen MR) is 86.4 cm³/mol. The third-order valence-corrected chi connectivity index (χ3v) is 5.91. The summed E-state index contributed by atoms with van der Waals surface area (Å²) in [6, 6.07) is 8.37. The first-order chi connectivity index (χ1) is 11.6. The van der Waals surface area contributed by atoms with E-state index in [1.54, 1.807) is 46.2 Å². The van der Waals surface area contributed by atoms with Crippen LogP contribution in [0.5, 0.6) is 0 Å². The van der Waals surface area contributed by atoms with E-state index in [2.05, 4.69) is 10.1 Å². The molecule has 1 saturated heterocycles. The second-order valence-corrected chi connectivity index (χ2v) is 7.44. The average Bonchev–Trinajstić information content (AvgIpc) is 3.14. The third-order valence-electron chi connectivity index (χ3n) is 3.99. The van der Waals surface area contributed by atoms with Gasteiger partial charge < -0.3 is 4.90 Å². The molecule has 1 aliphatic heterocycles. The fourth-order valence-corrected chi connectivity index (χ4v) is 4.08. The molecule has 3 rings (SSSR count). The van der Waals surface area contributed by atoms with Gasteiger partial charge in [0, 0.05) is 32.6 Å². The number of benzene rings is 1. The Morgan fingerprint density at radius 2 is 1.79 bits per heavy atom. The highest BCUT2D eigenvalue weighted by atomic mass is 32.2. The number of piperazine rings is 1. The molecule has 0 atom stereocenters. The lowest BCUT2D eigenvalue weighted by molar-refractivity contribution is -0.132. The Morgan fingerprint density at radius 3 is 2.42 bits per heavy atom. The summed E-state index contributed by atoms with van der Waals surface area (Å²) in [4.78, 5) is 18.0. The van der Waals surface area contributed by atoms with Gasteiger partial charge in [-0.25, -0.2) is 13.4 Å². The molecular weight excluding hydrogens is 330 g/mol. The van der Waals surface area contributed by atoms with Crippen molar-refractivity contribution in [3.05, 3.63) is 43.0 Å². The Kier molecular flexibility index (Phi) is 4.91. The molecule has 0 N–H and O–H groups in total. The first-order valence-corrected chi connectivity index (χ1v) is 9.17. The van der Waals surface area contributed by atoms with Crippen LogP contribution < -0.4 is 0 Å². The molecule has 0 radical (unpaired) electrons. The third kappa shape index (κ3) is 3.62. The Morgan fingerprint density at radius 1 is 1.08 bits per heavy atom. The maximum atomic E-state index is 12.5. The molecule has 128 valence electrons. The van der Waals surface area contributed by atoms with E-state index in [-0.39, 0.29) is 10.8 Å². The largest absolute Gasteiger partial charge is 0.340 e. The van der Waals surface area contributed by atoms with Gasteiger partial charge in [0.2, 0.25) is 15.9 Å². The number of nitrogens with zero attached hydrogens (tertiary/aromatic N) is 5. The van der Waals surface area contributed by atoms with E-state index < -0.39 is 10.0 Å². The van der Waals surface area contributed by atoms with Gasteiger partial charge >= 0.3 is 0 Å². The van der Waals surface area contributed by atoms with Gasteiger partial charge in [-0.1, -0.05) is 18.2 Å². The van der Waals surface area contributed by atoms with Crippen molar-refractivity contribution >= 4 is 15.9 Å². The second-order valence-electron chi connectivity index (χ2n) is 5.51. The zero-order chi connectivity index (χ0) is 17.0. The smallest absolute Gasteiger partial charge is 0.243 e. The number of aromatic nitrogens is 3.